The lowest BCUT2D eigenvalue weighted by atomic mass is 9.86. The van der Waals surface area contributed by atoms with Crippen molar-refractivity contribution in [3.8, 4) is 5.75 Å². The first-order valence-electron chi connectivity index (χ1n) is 14.0. The van der Waals surface area contributed by atoms with Crippen molar-refractivity contribution in [1.82, 2.24) is 9.79 Å². The minimum atomic E-state index is -4.20. The molecule has 222 valence electrons. The van der Waals surface area contributed by atoms with Crippen molar-refractivity contribution in [2.75, 3.05) is 13.7 Å². The number of aliphatic hydroxyl groups excluding tert-OH is 1. The van der Waals surface area contributed by atoms with Crippen LogP contribution >= 0.6 is 0 Å². The molecule has 0 saturated carbocycles. The number of hydroxylamine groups is 1. The van der Waals surface area contributed by atoms with Gasteiger partial charge in [0.15, 0.2) is 0 Å². The number of allylic oxidation sites excluding steroid dienone is 1. The summed E-state index contributed by atoms with van der Waals surface area (Å²) in [6.07, 6.45) is 1.99. The molecule has 8 nitrogen and oxygen atoms in total. The molecule has 0 radical (unpaired) electrons. The molecule has 2 N–H and O–H groups in total. The highest BCUT2D eigenvalue weighted by Gasteiger charge is 2.44. The SMILES string of the molecule is COc1ccc(S(=O)(=O)N2CC=CCC(C(O)c3ccccc3)C2C(=O)NOC(c2ccccc2)c2ccccc2)cc1. The number of amides is 1. The molecule has 0 bridgehead atoms. The highest BCUT2D eigenvalue weighted by atomic mass is 32.2. The van der Waals surface area contributed by atoms with Crippen LogP contribution in [0, 0.1) is 5.92 Å². The largest absolute Gasteiger partial charge is 0.497 e. The lowest BCUT2D eigenvalue weighted by Crippen LogP contribution is -2.54. The van der Waals surface area contributed by atoms with Gasteiger partial charge in [-0.05, 0) is 47.4 Å². The van der Waals surface area contributed by atoms with Gasteiger partial charge in [0.1, 0.15) is 17.9 Å². The van der Waals surface area contributed by atoms with Gasteiger partial charge < -0.3 is 9.84 Å². The van der Waals surface area contributed by atoms with Crippen LogP contribution in [0.15, 0.2) is 132 Å². The first-order chi connectivity index (χ1) is 20.9. The Morgan fingerprint density at radius 2 is 1.35 bits per heavy atom. The van der Waals surface area contributed by atoms with Gasteiger partial charge in [-0.2, -0.15) is 4.31 Å². The van der Waals surface area contributed by atoms with Crippen LogP contribution in [0.25, 0.3) is 0 Å². The predicted molar refractivity (Wildman–Crippen MR) is 163 cm³/mol. The second-order valence-electron chi connectivity index (χ2n) is 10.2. The van der Waals surface area contributed by atoms with Crippen LogP contribution in [0.2, 0.25) is 0 Å². The molecular weight excluding hydrogens is 564 g/mol. The molecule has 1 aliphatic heterocycles. The Labute approximate surface area is 252 Å². The van der Waals surface area contributed by atoms with Gasteiger partial charge in [0, 0.05) is 12.5 Å². The van der Waals surface area contributed by atoms with E-state index in [0.717, 1.165) is 15.4 Å². The number of carbonyl (C=O) groups excluding carboxylic acids is 1. The van der Waals surface area contributed by atoms with Crippen LogP contribution in [-0.2, 0) is 19.7 Å². The number of benzene rings is 4. The Balaban J connectivity index is 1.51. The summed E-state index contributed by atoms with van der Waals surface area (Å²) in [5, 5.41) is 11.6. The van der Waals surface area contributed by atoms with Crippen LogP contribution < -0.4 is 10.2 Å². The van der Waals surface area contributed by atoms with E-state index in [0.29, 0.717) is 11.3 Å². The predicted octanol–water partition coefficient (Wildman–Crippen LogP) is 5.20. The summed E-state index contributed by atoms with van der Waals surface area (Å²) in [7, 11) is -2.70. The number of hydrogen-bond acceptors (Lipinski definition) is 6. The van der Waals surface area contributed by atoms with Gasteiger partial charge in [-0.3, -0.25) is 9.63 Å². The fraction of sp³-hybridized carbons (Fsp3) is 0.206. The topological polar surface area (TPSA) is 105 Å². The summed E-state index contributed by atoms with van der Waals surface area (Å²) in [5.74, 6) is -0.995. The molecule has 0 fully saturated rings. The monoisotopic (exact) mass is 598 g/mol. The zero-order valence-corrected chi connectivity index (χ0v) is 24.5. The van der Waals surface area contributed by atoms with E-state index in [1.54, 1.807) is 48.6 Å². The third kappa shape index (κ3) is 6.87. The average Bonchev–Trinajstić information content (AvgIpc) is 3.30. The van der Waals surface area contributed by atoms with Crippen molar-refractivity contribution in [3.63, 3.8) is 0 Å². The summed E-state index contributed by atoms with van der Waals surface area (Å²) in [5.41, 5.74) is 4.77. The summed E-state index contributed by atoms with van der Waals surface area (Å²) in [6, 6.07) is 32.5. The van der Waals surface area contributed by atoms with Crippen molar-refractivity contribution >= 4 is 15.9 Å². The van der Waals surface area contributed by atoms with E-state index in [1.165, 1.54) is 19.2 Å². The van der Waals surface area contributed by atoms with Crippen LogP contribution in [0.1, 0.15) is 35.3 Å². The van der Waals surface area contributed by atoms with Gasteiger partial charge in [-0.25, -0.2) is 13.9 Å². The van der Waals surface area contributed by atoms with Crippen LogP contribution in [-0.4, -0.2) is 43.4 Å². The minimum Gasteiger partial charge on any atom is -0.497 e. The maximum atomic E-state index is 14.2. The number of ether oxygens (including phenoxy) is 1. The molecule has 3 atom stereocenters. The molecular formula is C34H34N2O6S. The first-order valence-corrected chi connectivity index (χ1v) is 15.4. The summed E-state index contributed by atoms with van der Waals surface area (Å²) in [6.45, 7) is -0.0642. The number of sulfonamides is 1. The fourth-order valence-corrected chi connectivity index (χ4v) is 6.89. The van der Waals surface area contributed by atoms with Crippen LogP contribution in [0.5, 0.6) is 5.75 Å². The molecule has 4 aromatic rings. The number of nitrogens with one attached hydrogen (secondary N) is 1. The lowest BCUT2D eigenvalue weighted by molar-refractivity contribution is -0.144. The zero-order chi connectivity index (χ0) is 30.2. The maximum Gasteiger partial charge on any atom is 0.262 e. The number of carbonyl (C=O) groups is 1. The molecule has 1 amide bonds. The van der Waals surface area contributed by atoms with E-state index in [9.17, 15) is 18.3 Å². The van der Waals surface area contributed by atoms with Gasteiger partial charge in [0.05, 0.1) is 18.1 Å². The van der Waals surface area contributed by atoms with Crippen LogP contribution in [0.4, 0.5) is 0 Å². The van der Waals surface area contributed by atoms with E-state index in [4.69, 9.17) is 9.57 Å². The summed E-state index contributed by atoms with van der Waals surface area (Å²) < 4.78 is 34.5. The van der Waals surface area contributed by atoms with E-state index in [1.807, 2.05) is 66.7 Å². The molecule has 4 aromatic carbocycles. The van der Waals surface area contributed by atoms with Gasteiger partial charge in [-0.1, -0.05) is 103 Å². The second kappa shape index (κ2) is 13.8. The number of methoxy groups -OCH3 is 1. The van der Waals surface area contributed by atoms with Crippen molar-refractivity contribution in [2.45, 2.75) is 29.6 Å². The Hall–Kier alpha value is -4.28. The Morgan fingerprint density at radius 1 is 0.814 bits per heavy atom. The van der Waals surface area contributed by atoms with Gasteiger partial charge in [0.2, 0.25) is 10.0 Å². The van der Waals surface area contributed by atoms with Crippen molar-refractivity contribution < 1.29 is 27.9 Å². The van der Waals surface area contributed by atoms with Gasteiger partial charge >= 0.3 is 0 Å². The van der Waals surface area contributed by atoms with Gasteiger partial charge in [0.25, 0.3) is 5.91 Å². The van der Waals surface area contributed by atoms with E-state index >= 15 is 0 Å². The number of nitrogens with zero attached hydrogens (tertiary/aromatic N) is 1. The Kier molecular flexibility index (Phi) is 9.68. The molecule has 5 rings (SSSR count). The number of aliphatic hydroxyl groups is 1. The number of hydrogen-bond donors (Lipinski definition) is 2. The molecule has 3 unspecified atom stereocenters. The molecule has 43 heavy (non-hydrogen) atoms. The highest BCUT2D eigenvalue weighted by Crippen LogP contribution is 2.35. The average molecular weight is 599 g/mol. The summed E-state index contributed by atoms with van der Waals surface area (Å²) in [4.78, 5) is 20.2. The normalized spacial score (nSPS) is 18.1. The molecule has 9 heteroatoms. The van der Waals surface area contributed by atoms with E-state index in [2.05, 4.69) is 5.48 Å². The van der Waals surface area contributed by atoms with E-state index < -0.39 is 40.1 Å². The zero-order valence-electron chi connectivity index (χ0n) is 23.7. The molecule has 0 aliphatic carbocycles. The fourth-order valence-electron chi connectivity index (χ4n) is 5.30. The van der Waals surface area contributed by atoms with Gasteiger partial charge in [-0.15, -0.1) is 0 Å². The minimum absolute atomic E-state index is 0.00159. The molecule has 0 aromatic heterocycles. The third-order valence-electron chi connectivity index (χ3n) is 7.54. The summed E-state index contributed by atoms with van der Waals surface area (Å²) >= 11 is 0. The van der Waals surface area contributed by atoms with Crippen LogP contribution in [0.3, 0.4) is 0 Å². The number of rotatable bonds is 10. The van der Waals surface area contributed by atoms with E-state index in [-0.39, 0.29) is 17.9 Å². The lowest BCUT2D eigenvalue weighted by Gasteiger charge is -2.35. The maximum absolute atomic E-state index is 14.2. The van der Waals surface area contributed by atoms with Crippen molar-refractivity contribution in [1.29, 1.82) is 0 Å². The van der Waals surface area contributed by atoms with Crippen molar-refractivity contribution in [2.24, 2.45) is 5.92 Å². The molecule has 0 spiro atoms. The Bertz CT molecular complexity index is 1570. The third-order valence-corrected chi connectivity index (χ3v) is 9.40. The first kappa shape index (κ1) is 30.2. The Morgan fingerprint density at radius 3 is 1.88 bits per heavy atom. The molecule has 1 heterocycles. The quantitative estimate of drug-likeness (QED) is 0.192. The smallest absolute Gasteiger partial charge is 0.262 e. The second-order valence-corrected chi connectivity index (χ2v) is 12.1. The van der Waals surface area contributed by atoms with Crippen molar-refractivity contribution in [3.05, 3.63) is 144 Å². The highest BCUT2D eigenvalue weighted by molar-refractivity contribution is 7.89. The molecule has 1 aliphatic rings. The molecule has 0 saturated heterocycles. The standard InChI is InChI=1S/C34H34N2O6S/c1-41-28-20-22-29(23-21-28)43(39,40)36-24-12-11-19-30(32(37)25-13-5-2-6-14-25)31(36)34(38)35-42-33(26-15-7-3-8-16-26)27-17-9-4-10-18-27/h2-18,20-23,30-33,37H,19,24H2,1H3,(H,35,38).